The molecule has 0 saturated carbocycles. The summed E-state index contributed by atoms with van der Waals surface area (Å²) in [5.41, 5.74) is 2.01. The van der Waals surface area contributed by atoms with Gasteiger partial charge in [0, 0.05) is 22.0 Å². The molecule has 2 heterocycles. The molecular formula is C13H11BrO2S. The topological polar surface area (TPSA) is 29.5 Å². The molecule has 1 aliphatic rings. The molecule has 0 radical (unpaired) electrons. The van der Waals surface area contributed by atoms with Crippen molar-refractivity contribution in [1.82, 2.24) is 0 Å². The fourth-order valence-corrected chi connectivity index (χ4v) is 3.16. The Hall–Kier alpha value is -0.840. The number of thiophene rings is 1. The molecule has 0 spiro atoms. The quantitative estimate of drug-likeness (QED) is 0.860. The van der Waals surface area contributed by atoms with Crippen LogP contribution < -0.4 is 4.74 Å². The molecule has 17 heavy (non-hydrogen) atoms. The van der Waals surface area contributed by atoms with Gasteiger partial charge in [-0.3, -0.25) is 0 Å². The summed E-state index contributed by atoms with van der Waals surface area (Å²) < 4.78 is 6.89. The third kappa shape index (κ3) is 2.12. The third-order valence-electron chi connectivity index (χ3n) is 2.95. The lowest BCUT2D eigenvalue weighted by Crippen LogP contribution is -2.18. The number of rotatable bonds is 1. The van der Waals surface area contributed by atoms with Crippen LogP contribution in [0, 0.1) is 0 Å². The van der Waals surface area contributed by atoms with Crippen LogP contribution in [0.5, 0.6) is 5.75 Å². The predicted molar refractivity (Wildman–Crippen MR) is 71.4 cm³/mol. The maximum Gasteiger partial charge on any atom is 0.127 e. The number of ether oxygens (including phenoxy) is 1. The summed E-state index contributed by atoms with van der Waals surface area (Å²) in [5, 5.41) is 14.3. The standard InChI is InChI=1S/C13H11BrO2S/c14-9-1-2-12-10(5-9)11(15)6-13(16-12)8-3-4-17-7-8/h1-5,7,11,13,15H,6H2/t11-,13?/m1/s1. The number of benzene rings is 1. The smallest absolute Gasteiger partial charge is 0.127 e. The first-order chi connectivity index (χ1) is 8.24. The van der Waals surface area contributed by atoms with E-state index in [0.29, 0.717) is 6.42 Å². The van der Waals surface area contributed by atoms with E-state index >= 15 is 0 Å². The number of aliphatic hydroxyl groups excluding tert-OH is 1. The van der Waals surface area contributed by atoms with Crippen LogP contribution in [0.4, 0.5) is 0 Å². The van der Waals surface area contributed by atoms with Crippen molar-refractivity contribution in [2.75, 3.05) is 0 Å². The Morgan fingerprint density at radius 2 is 2.24 bits per heavy atom. The average Bonchev–Trinajstić information content (AvgIpc) is 2.83. The van der Waals surface area contributed by atoms with E-state index in [2.05, 4.69) is 21.3 Å². The Bertz CT molecular complexity index is 524. The van der Waals surface area contributed by atoms with Crippen molar-refractivity contribution in [3.63, 3.8) is 0 Å². The summed E-state index contributed by atoms with van der Waals surface area (Å²) in [5.74, 6) is 0.781. The van der Waals surface area contributed by atoms with E-state index in [1.54, 1.807) is 11.3 Å². The van der Waals surface area contributed by atoms with Gasteiger partial charge in [-0.1, -0.05) is 15.9 Å². The maximum absolute atomic E-state index is 10.2. The second-order valence-electron chi connectivity index (χ2n) is 4.10. The first kappa shape index (κ1) is 11.3. The van der Waals surface area contributed by atoms with Crippen molar-refractivity contribution < 1.29 is 9.84 Å². The molecule has 1 aromatic carbocycles. The first-order valence-corrected chi connectivity index (χ1v) is 7.14. The Kier molecular flexibility index (Phi) is 2.94. The van der Waals surface area contributed by atoms with Crippen molar-refractivity contribution in [2.24, 2.45) is 0 Å². The lowest BCUT2D eigenvalue weighted by molar-refractivity contribution is 0.0659. The van der Waals surface area contributed by atoms with Crippen molar-refractivity contribution in [1.29, 1.82) is 0 Å². The Balaban J connectivity index is 1.96. The van der Waals surface area contributed by atoms with Crippen LogP contribution in [0.3, 0.4) is 0 Å². The summed E-state index contributed by atoms with van der Waals surface area (Å²) in [6.07, 6.45) is 0.117. The zero-order valence-corrected chi connectivity index (χ0v) is 11.4. The monoisotopic (exact) mass is 310 g/mol. The summed E-state index contributed by atoms with van der Waals surface area (Å²) in [4.78, 5) is 0. The minimum absolute atomic E-state index is 0.0371. The molecule has 0 fully saturated rings. The van der Waals surface area contributed by atoms with Gasteiger partial charge in [-0.15, -0.1) is 0 Å². The maximum atomic E-state index is 10.2. The van der Waals surface area contributed by atoms with Gasteiger partial charge < -0.3 is 9.84 Å². The van der Waals surface area contributed by atoms with E-state index in [1.165, 1.54) is 0 Å². The van der Waals surface area contributed by atoms with Gasteiger partial charge in [0.25, 0.3) is 0 Å². The summed E-state index contributed by atoms with van der Waals surface area (Å²) in [6.45, 7) is 0. The minimum Gasteiger partial charge on any atom is -0.485 e. The van der Waals surface area contributed by atoms with Gasteiger partial charge in [0.1, 0.15) is 11.9 Å². The highest BCUT2D eigenvalue weighted by molar-refractivity contribution is 9.10. The fraction of sp³-hybridized carbons (Fsp3) is 0.231. The zero-order chi connectivity index (χ0) is 11.8. The third-order valence-corrected chi connectivity index (χ3v) is 4.15. The molecular weight excluding hydrogens is 300 g/mol. The lowest BCUT2D eigenvalue weighted by atomic mass is 9.96. The fourth-order valence-electron chi connectivity index (χ4n) is 2.08. The largest absolute Gasteiger partial charge is 0.485 e. The van der Waals surface area contributed by atoms with Crippen LogP contribution in [0.2, 0.25) is 0 Å². The molecule has 0 saturated heterocycles. The SMILES string of the molecule is O[C@@H]1CC(c2ccsc2)Oc2ccc(Br)cc21. The minimum atomic E-state index is -0.457. The molecule has 0 bridgehead atoms. The van der Waals surface area contributed by atoms with Gasteiger partial charge >= 0.3 is 0 Å². The normalized spacial score (nSPS) is 22.9. The summed E-state index contributed by atoms with van der Waals surface area (Å²) >= 11 is 5.06. The zero-order valence-electron chi connectivity index (χ0n) is 8.97. The van der Waals surface area contributed by atoms with E-state index in [9.17, 15) is 5.11 Å². The highest BCUT2D eigenvalue weighted by Crippen LogP contribution is 2.42. The molecule has 2 atom stereocenters. The molecule has 3 rings (SSSR count). The van der Waals surface area contributed by atoms with Gasteiger partial charge in [0.15, 0.2) is 0 Å². The molecule has 2 aromatic rings. The molecule has 4 heteroatoms. The van der Waals surface area contributed by atoms with Gasteiger partial charge in [-0.25, -0.2) is 0 Å². The second kappa shape index (κ2) is 4.44. The summed E-state index contributed by atoms with van der Waals surface area (Å²) in [6, 6.07) is 7.80. The van der Waals surface area contributed by atoms with Gasteiger partial charge in [-0.05, 0) is 35.0 Å². The van der Waals surface area contributed by atoms with E-state index < -0.39 is 6.10 Å². The number of hydrogen-bond acceptors (Lipinski definition) is 3. The van der Waals surface area contributed by atoms with Gasteiger partial charge in [-0.2, -0.15) is 11.3 Å². The molecule has 1 aromatic heterocycles. The molecule has 1 aliphatic heterocycles. The molecule has 1 N–H and O–H groups in total. The van der Waals surface area contributed by atoms with Crippen molar-refractivity contribution in [3.05, 3.63) is 50.6 Å². The number of aliphatic hydroxyl groups is 1. The van der Waals surface area contributed by atoms with Crippen LogP contribution in [0.15, 0.2) is 39.5 Å². The van der Waals surface area contributed by atoms with Crippen LogP contribution in [0.25, 0.3) is 0 Å². The predicted octanol–water partition coefficient (Wildman–Crippen LogP) is 4.07. The molecule has 2 nitrogen and oxygen atoms in total. The lowest BCUT2D eigenvalue weighted by Gasteiger charge is -2.29. The Labute approximate surface area is 112 Å². The average molecular weight is 311 g/mol. The van der Waals surface area contributed by atoms with Crippen molar-refractivity contribution in [3.8, 4) is 5.75 Å². The van der Waals surface area contributed by atoms with Crippen LogP contribution >= 0.6 is 27.3 Å². The van der Waals surface area contributed by atoms with Crippen LogP contribution in [-0.2, 0) is 0 Å². The highest BCUT2D eigenvalue weighted by Gasteiger charge is 2.28. The van der Waals surface area contributed by atoms with Gasteiger partial charge in [0.05, 0.1) is 6.10 Å². The van der Waals surface area contributed by atoms with E-state index in [0.717, 1.165) is 21.3 Å². The number of hydrogen-bond donors (Lipinski definition) is 1. The summed E-state index contributed by atoms with van der Waals surface area (Å²) in [7, 11) is 0. The van der Waals surface area contributed by atoms with E-state index in [1.807, 2.05) is 29.6 Å². The van der Waals surface area contributed by atoms with Crippen LogP contribution in [-0.4, -0.2) is 5.11 Å². The van der Waals surface area contributed by atoms with Crippen molar-refractivity contribution in [2.45, 2.75) is 18.6 Å². The second-order valence-corrected chi connectivity index (χ2v) is 5.79. The highest BCUT2D eigenvalue weighted by atomic mass is 79.9. The van der Waals surface area contributed by atoms with E-state index in [4.69, 9.17) is 4.74 Å². The molecule has 88 valence electrons. The Morgan fingerprint density at radius 3 is 3.00 bits per heavy atom. The molecule has 1 unspecified atom stereocenters. The Morgan fingerprint density at radius 1 is 1.35 bits per heavy atom. The van der Waals surface area contributed by atoms with Gasteiger partial charge in [0.2, 0.25) is 0 Å². The van der Waals surface area contributed by atoms with Crippen LogP contribution in [0.1, 0.15) is 29.8 Å². The first-order valence-electron chi connectivity index (χ1n) is 5.40. The molecule has 0 amide bonds. The van der Waals surface area contributed by atoms with E-state index in [-0.39, 0.29) is 6.10 Å². The van der Waals surface area contributed by atoms with Crippen molar-refractivity contribution >= 4 is 27.3 Å². The number of fused-ring (bicyclic) bond motifs is 1. The molecule has 0 aliphatic carbocycles. The number of halogens is 1.